The van der Waals surface area contributed by atoms with Gasteiger partial charge in [-0.3, -0.25) is 0 Å². The van der Waals surface area contributed by atoms with Gasteiger partial charge in [0.15, 0.2) is 0 Å². The number of benzene rings is 1. The van der Waals surface area contributed by atoms with Gasteiger partial charge in [-0.15, -0.1) is 0 Å². The molecule has 0 aliphatic rings. The maximum Gasteiger partial charge on any atom is 0.120 e. The predicted octanol–water partition coefficient (Wildman–Crippen LogP) is 4.27. The zero-order valence-corrected chi connectivity index (χ0v) is 10.4. The minimum atomic E-state index is 0.737. The molecule has 74 valence electrons. The Balaban J connectivity index is 0.000000671. The van der Waals surface area contributed by atoms with Crippen LogP contribution in [-0.2, 0) is 5.33 Å². The summed E-state index contributed by atoms with van der Waals surface area (Å²) in [5.74, 6) is 0.791. The van der Waals surface area contributed by atoms with Crippen molar-refractivity contribution >= 4 is 27.5 Å². The van der Waals surface area contributed by atoms with E-state index in [0.29, 0.717) is 0 Å². The molecule has 0 aromatic heterocycles. The predicted molar refractivity (Wildman–Crippen MR) is 62.0 cm³/mol. The van der Waals surface area contributed by atoms with E-state index < -0.39 is 0 Å². The van der Waals surface area contributed by atoms with Crippen LogP contribution >= 0.6 is 27.5 Å². The van der Waals surface area contributed by atoms with Crippen LogP contribution in [0.25, 0.3) is 0 Å². The van der Waals surface area contributed by atoms with E-state index in [9.17, 15) is 0 Å². The third-order valence-electron chi connectivity index (χ3n) is 1.40. The standard InChI is InChI=1S/C8H8BrClO.C2H6/c1-11-7-3-2-6(5-9)8(10)4-7;1-2/h2-4H,5H2,1H3;1-2H3. The summed E-state index contributed by atoms with van der Waals surface area (Å²) in [5, 5.41) is 1.51. The summed E-state index contributed by atoms with van der Waals surface area (Å²) in [6.07, 6.45) is 0. The largest absolute Gasteiger partial charge is 0.497 e. The van der Waals surface area contributed by atoms with Gasteiger partial charge in [0.25, 0.3) is 0 Å². The number of ether oxygens (including phenoxy) is 1. The molecule has 0 radical (unpaired) electrons. The minimum Gasteiger partial charge on any atom is -0.497 e. The van der Waals surface area contributed by atoms with Crippen LogP contribution < -0.4 is 4.74 Å². The van der Waals surface area contributed by atoms with Crippen molar-refractivity contribution in [1.29, 1.82) is 0 Å². The van der Waals surface area contributed by atoms with E-state index in [1.807, 2.05) is 26.0 Å². The highest BCUT2D eigenvalue weighted by molar-refractivity contribution is 9.08. The zero-order chi connectivity index (χ0) is 10.3. The summed E-state index contributed by atoms with van der Waals surface area (Å²) in [6.45, 7) is 4.00. The van der Waals surface area contributed by atoms with Crippen molar-refractivity contribution in [1.82, 2.24) is 0 Å². The van der Waals surface area contributed by atoms with E-state index in [0.717, 1.165) is 21.7 Å². The average molecular weight is 266 g/mol. The first-order valence-corrected chi connectivity index (χ1v) is 5.66. The first-order valence-electron chi connectivity index (χ1n) is 4.16. The molecule has 1 rings (SSSR count). The van der Waals surface area contributed by atoms with E-state index in [4.69, 9.17) is 16.3 Å². The normalized spacial score (nSPS) is 8.69. The molecule has 1 aromatic rings. The summed E-state index contributed by atoms with van der Waals surface area (Å²) >= 11 is 9.23. The van der Waals surface area contributed by atoms with Crippen LogP contribution in [-0.4, -0.2) is 7.11 Å². The Morgan fingerprint density at radius 1 is 1.38 bits per heavy atom. The number of methoxy groups -OCH3 is 1. The van der Waals surface area contributed by atoms with Crippen molar-refractivity contribution in [3.8, 4) is 5.75 Å². The molecular weight excluding hydrogens is 251 g/mol. The highest BCUT2D eigenvalue weighted by Crippen LogP contribution is 2.23. The molecule has 0 N–H and O–H groups in total. The second kappa shape index (κ2) is 7.22. The Morgan fingerprint density at radius 2 is 2.00 bits per heavy atom. The van der Waals surface area contributed by atoms with Crippen LogP contribution in [0.1, 0.15) is 19.4 Å². The minimum absolute atomic E-state index is 0.737. The van der Waals surface area contributed by atoms with E-state index in [1.165, 1.54) is 0 Å². The first-order chi connectivity index (χ1) is 6.27. The van der Waals surface area contributed by atoms with E-state index in [1.54, 1.807) is 13.2 Å². The zero-order valence-electron chi connectivity index (χ0n) is 8.10. The molecule has 0 fully saturated rings. The molecule has 0 atom stereocenters. The smallest absolute Gasteiger partial charge is 0.120 e. The highest BCUT2D eigenvalue weighted by Gasteiger charge is 1.99. The van der Waals surface area contributed by atoms with Gasteiger partial charge in [0.2, 0.25) is 0 Å². The molecule has 1 aromatic carbocycles. The van der Waals surface area contributed by atoms with Crippen molar-refractivity contribution in [3.05, 3.63) is 28.8 Å². The quantitative estimate of drug-likeness (QED) is 0.726. The van der Waals surface area contributed by atoms with E-state index in [-0.39, 0.29) is 0 Å². The lowest BCUT2D eigenvalue weighted by atomic mass is 10.2. The fourth-order valence-electron chi connectivity index (χ4n) is 0.763. The van der Waals surface area contributed by atoms with Gasteiger partial charge in [0, 0.05) is 10.4 Å². The summed E-state index contributed by atoms with van der Waals surface area (Å²) in [5.41, 5.74) is 1.08. The van der Waals surface area contributed by atoms with Crippen LogP contribution in [0.15, 0.2) is 18.2 Å². The van der Waals surface area contributed by atoms with Crippen LogP contribution in [0.2, 0.25) is 5.02 Å². The number of rotatable bonds is 2. The van der Waals surface area contributed by atoms with Crippen molar-refractivity contribution in [2.75, 3.05) is 7.11 Å². The Kier molecular flexibility index (Phi) is 7.10. The van der Waals surface area contributed by atoms with Gasteiger partial charge in [0.05, 0.1) is 7.11 Å². The first kappa shape index (κ1) is 12.8. The van der Waals surface area contributed by atoms with E-state index >= 15 is 0 Å². The van der Waals surface area contributed by atoms with Gasteiger partial charge < -0.3 is 4.74 Å². The molecule has 0 aliphatic heterocycles. The third-order valence-corrected chi connectivity index (χ3v) is 2.36. The van der Waals surface area contributed by atoms with Gasteiger partial charge in [-0.1, -0.05) is 47.4 Å². The molecule has 3 heteroatoms. The van der Waals surface area contributed by atoms with E-state index in [2.05, 4.69) is 15.9 Å². The monoisotopic (exact) mass is 264 g/mol. The van der Waals surface area contributed by atoms with Crippen molar-refractivity contribution in [2.24, 2.45) is 0 Å². The SMILES string of the molecule is CC.COc1ccc(CBr)c(Cl)c1. The Labute approximate surface area is 93.2 Å². The molecule has 13 heavy (non-hydrogen) atoms. The second-order valence-corrected chi connectivity index (χ2v) is 3.06. The number of halogens is 2. The topological polar surface area (TPSA) is 9.23 Å². The molecule has 0 saturated carbocycles. The summed E-state index contributed by atoms with van der Waals surface area (Å²) in [7, 11) is 1.62. The molecule has 1 nitrogen and oxygen atoms in total. The summed E-state index contributed by atoms with van der Waals surface area (Å²) in [4.78, 5) is 0. The third kappa shape index (κ3) is 4.01. The molecular formula is C10H14BrClO. The average Bonchev–Trinajstić information content (AvgIpc) is 2.20. The highest BCUT2D eigenvalue weighted by atomic mass is 79.9. The fraction of sp³-hybridized carbons (Fsp3) is 0.400. The molecule has 0 saturated heterocycles. The van der Waals surface area contributed by atoms with Gasteiger partial charge in [-0.2, -0.15) is 0 Å². The summed E-state index contributed by atoms with van der Waals surface area (Å²) < 4.78 is 4.99. The lowest BCUT2D eigenvalue weighted by molar-refractivity contribution is 0.414. The number of hydrogen-bond acceptors (Lipinski definition) is 1. The fourth-order valence-corrected chi connectivity index (χ4v) is 1.65. The second-order valence-electron chi connectivity index (χ2n) is 2.09. The number of alkyl halides is 1. The van der Waals surface area contributed by atoms with Crippen LogP contribution in [0, 0.1) is 0 Å². The molecule has 0 heterocycles. The summed E-state index contributed by atoms with van der Waals surface area (Å²) in [6, 6.07) is 5.64. The molecule has 0 amide bonds. The Hall–Kier alpha value is -0.210. The number of hydrogen-bond donors (Lipinski definition) is 0. The van der Waals surface area contributed by atoms with Crippen molar-refractivity contribution < 1.29 is 4.74 Å². The molecule has 0 aliphatic carbocycles. The van der Waals surface area contributed by atoms with Crippen LogP contribution in [0.4, 0.5) is 0 Å². The molecule has 0 bridgehead atoms. The maximum absolute atomic E-state index is 5.90. The lowest BCUT2D eigenvalue weighted by Gasteiger charge is -2.02. The lowest BCUT2D eigenvalue weighted by Crippen LogP contribution is -1.84. The van der Waals surface area contributed by atoms with Gasteiger partial charge in [-0.25, -0.2) is 0 Å². The van der Waals surface area contributed by atoms with Crippen molar-refractivity contribution in [2.45, 2.75) is 19.2 Å². The van der Waals surface area contributed by atoms with Gasteiger partial charge >= 0.3 is 0 Å². The molecule has 0 spiro atoms. The molecule has 0 unspecified atom stereocenters. The van der Waals surface area contributed by atoms with Crippen LogP contribution in [0.5, 0.6) is 5.75 Å². The van der Waals surface area contributed by atoms with Gasteiger partial charge in [0.1, 0.15) is 5.75 Å². The Bertz CT molecular complexity index is 251. The Morgan fingerprint density at radius 3 is 2.38 bits per heavy atom. The van der Waals surface area contributed by atoms with Crippen molar-refractivity contribution in [3.63, 3.8) is 0 Å². The van der Waals surface area contributed by atoms with Gasteiger partial charge in [-0.05, 0) is 17.7 Å². The maximum atomic E-state index is 5.90. The van der Waals surface area contributed by atoms with Crippen LogP contribution in [0.3, 0.4) is 0 Å².